The molecule has 0 spiro atoms. The summed E-state index contributed by atoms with van der Waals surface area (Å²) < 4.78 is 19.9. The lowest BCUT2D eigenvalue weighted by molar-refractivity contribution is 0.302. The van der Waals surface area contributed by atoms with Crippen LogP contribution < -0.4 is 20.3 Å². The summed E-state index contributed by atoms with van der Waals surface area (Å²) in [7, 11) is 1.81. The molecule has 7 heteroatoms. The van der Waals surface area contributed by atoms with Gasteiger partial charge in [-0.2, -0.15) is 0 Å². The zero-order chi connectivity index (χ0) is 20.7. The lowest BCUT2D eigenvalue weighted by Gasteiger charge is -2.30. The topological polar surface area (TPSA) is 40.9 Å². The van der Waals surface area contributed by atoms with Gasteiger partial charge in [0.1, 0.15) is 6.61 Å². The summed E-state index contributed by atoms with van der Waals surface area (Å²) in [5.41, 5.74) is 2.90. The molecule has 0 aliphatic carbocycles. The third kappa shape index (κ3) is 5.41. The summed E-state index contributed by atoms with van der Waals surface area (Å²) in [5.74, 6) is -0.216. The van der Waals surface area contributed by atoms with Crippen molar-refractivity contribution in [1.29, 1.82) is 0 Å². The van der Waals surface area contributed by atoms with E-state index >= 15 is 0 Å². The second-order valence-corrected chi connectivity index (χ2v) is 6.96. The number of benzene rings is 2. The van der Waals surface area contributed by atoms with Crippen LogP contribution in [0.1, 0.15) is 19.4 Å². The van der Waals surface area contributed by atoms with E-state index in [4.69, 9.17) is 23.5 Å². The third-order valence-electron chi connectivity index (χ3n) is 4.11. The summed E-state index contributed by atoms with van der Waals surface area (Å²) in [5, 5.41) is 6.59. The van der Waals surface area contributed by atoms with Crippen molar-refractivity contribution in [3.05, 3.63) is 59.2 Å². The Morgan fingerprint density at radius 3 is 2.61 bits per heavy atom. The minimum atomic E-state index is -0.431. The Balaban J connectivity index is 2.20. The van der Waals surface area contributed by atoms with Crippen molar-refractivity contribution in [3.8, 4) is 5.75 Å². The second kappa shape index (κ2) is 10.0. The van der Waals surface area contributed by atoms with Crippen LogP contribution in [0.25, 0.3) is 4.85 Å². The zero-order valence-corrected chi connectivity index (χ0v) is 17.4. The van der Waals surface area contributed by atoms with E-state index in [1.807, 2.05) is 44.9 Å². The minimum Gasteiger partial charge on any atom is -0.489 e. The molecule has 2 aromatic rings. The molecule has 5 nitrogen and oxygen atoms in total. The number of hydrogen-bond donors (Lipinski definition) is 2. The number of thiocarbonyl (C=S) groups is 1. The highest BCUT2D eigenvalue weighted by Crippen LogP contribution is 2.27. The van der Waals surface area contributed by atoms with E-state index in [1.165, 1.54) is 6.07 Å². The van der Waals surface area contributed by atoms with Crippen LogP contribution in [0.5, 0.6) is 5.75 Å². The van der Waals surface area contributed by atoms with Crippen molar-refractivity contribution in [1.82, 2.24) is 5.32 Å². The van der Waals surface area contributed by atoms with E-state index in [9.17, 15) is 4.39 Å². The van der Waals surface area contributed by atoms with Crippen LogP contribution >= 0.6 is 12.2 Å². The van der Waals surface area contributed by atoms with E-state index < -0.39 is 5.82 Å². The van der Waals surface area contributed by atoms with Crippen LogP contribution in [-0.2, 0) is 0 Å². The summed E-state index contributed by atoms with van der Waals surface area (Å²) in [6.07, 6.45) is 0. The van der Waals surface area contributed by atoms with Gasteiger partial charge in [0.05, 0.1) is 6.57 Å². The van der Waals surface area contributed by atoms with Gasteiger partial charge in [0.25, 0.3) is 0 Å². The lowest BCUT2D eigenvalue weighted by atomic mass is 10.2. The largest absolute Gasteiger partial charge is 0.489 e. The van der Waals surface area contributed by atoms with Gasteiger partial charge in [-0.25, -0.2) is 9.24 Å². The third-order valence-corrected chi connectivity index (χ3v) is 4.41. The first-order valence-electron chi connectivity index (χ1n) is 9.02. The molecule has 0 aromatic heterocycles. The Morgan fingerprint density at radius 1 is 1.29 bits per heavy atom. The number of likely N-dealkylation sites (N-methyl/N-ethyl adjacent to an activating group) is 1. The van der Waals surface area contributed by atoms with Crippen LogP contribution in [-0.4, -0.2) is 31.4 Å². The molecule has 0 fully saturated rings. The fourth-order valence-electron chi connectivity index (χ4n) is 2.71. The molecule has 0 saturated carbocycles. The number of ether oxygens (including phenoxy) is 1. The molecule has 2 rings (SSSR count). The molecule has 0 aliphatic rings. The molecule has 2 aromatic carbocycles. The van der Waals surface area contributed by atoms with E-state index in [2.05, 4.69) is 15.5 Å². The predicted octanol–water partition coefficient (Wildman–Crippen LogP) is 4.89. The van der Waals surface area contributed by atoms with Gasteiger partial charge in [0, 0.05) is 30.0 Å². The van der Waals surface area contributed by atoms with Crippen LogP contribution in [0, 0.1) is 19.3 Å². The molecule has 0 amide bonds. The number of hydrogen-bond acceptors (Lipinski definition) is 3. The highest BCUT2D eigenvalue weighted by molar-refractivity contribution is 7.80. The smallest absolute Gasteiger partial charge is 0.190 e. The Hall–Kier alpha value is -2.69. The quantitative estimate of drug-likeness (QED) is 0.393. The highest BCUT2D eigenvalue weighted by Gasteiger charge is 2.18. The number of anilines is 2. The van der Waals surface area contributed by atoms with Crippen molar-refractivity contribution < 1.29 is 9.13 Å². The van der Waals surface area contributed by atoms with Gasteiger partial charge >= 0.3 is 0 Å². The summed E-state index contributed by atoms with van der Waals surface area (Å²) in [6, 6.07) is 10.3. The lowest BCUT2D eigenvalue weighted by Crippen LogP contribution is -2.40. The van der Waals surface area contributed by atoms with E-state index in [-0.39, 0.29) is 11.8 Å². The van der Waals surface area contributed by atoms with Crippen molar-refractivity contribution in [2.24, 2.45) is 0 Å². The van der Waals surface area contributed by atoms with Gasteiger partial charge in [0.2, 0.25) is 0 Å². The summed E-state index contributed by atoms with van der Waals surface area (Å²) >= 11 is 5.57. The second-order valence-electron chi connectivity index (χ2n) is 6.57. The van der Waals surface area contributed by atoms with Crippen LogP contribution in [0.4, 0.5) is 21.5 Å². The van der Waals surface area contributed by atoms with Crippen LogP contribution in [0.2, 0.25) is 0 Å². The average molecular weight is 401 g/mol. The maximum absolute atomic E-state index is 14.5. The van der Waals surface area contributed by atoms with Gasteiger partial charge in [-0.1, -0.05) is 6.07 Å². The SMILES string of the molecule is [C-]#[N+]c1ccc(NC(=S)N(c2ccc(OCCNC)c(F)c2)C(C)C)cc1C. The van der Waals surface area contributed by atoms with Crippen LogP contribution in [0.3, 0.4) is 0 Å². The van der Waals surface area contributed by atoms with Crippen molar-refractivity contribution in [2.45, 2.75) is 26.8 Å². The summed E-state index contributed by atoms with van der Waals surface area (Å²) in [4.78, 5) is 5.31. The zero-order valence-electron chi connectivity index (χ0n) is 16.5. The van der Waals surface area contributed by atoms with E-state index in [0.717, 1.165) is 11.3 Å². The molecule has 28 heavy (non-hydrogen) atoms. The summed E-state index contributed by atoms with van der Waals surface area (Å²) in [6.45, 7) is 14.0. The molecule has 148 valence electrons. The van der Waals surface area contributed by atoms with Crippen LogP contribution in [0.15, 0.2) is 36.4 Å². The number of halogens is 1. The number of aryl methyl sites for hydroxylation is 1. The van der Waals surface area contributed by atoms with Crippen molar-refractivity contribution in [3.63, 3.8) is 0 Å². The molecule has 2 N–H and O–H groups in total. The Labute approximate surface area is 171 Å². The first-order valence-corrected chi connectivity index (χ1v) is 9.43. The van der Waals surface area contributed by atoms with Crippen molar-refractivity contribution >= 4 is 34.4 Å². The number of nitrogens with one attached hydrogen (secondary N) is 2. The van der Waals surface area contributed by atoms with Gasteiger partial charge in [-0.15, -0.1) is 0 Å². The van der Waals surface area contributed by atoms with Gasteiger partial charge in [-0.05, 0) is 69.9 Å². The Morgan fingerprint density at radius 2 is 2.04 bits per heavy atom. The first-order chi connectivity index (χ1) is 13.4. The minimum absolute atomic E-state index is 0.0130. The monoisotopic (exact) mass is 400 g/mol. The molecule has 0 aliphatic heterocycles. The molecule has 0 saturated heterocycles. The molecular formula is C21H25FN4OS. The standard InChI is InChI=1S/C21H25FN4OS/c1-14(2)26(17-7-9-20(18(22)13-17)27-11-10-23-4)21(28)25-16-6-8-19(24-5)15(3)12-16/h6-9,12-14,23H,10-11H2,1-4H3,(H,25,28). The Bertz CT molecular complexity index is 879. The maximum atomic E-state index is 14.5. The normalized spacial score (nSPS) is 10.5. The van der Waals surface area contributed by atoms with Gasteiger partial charge in [0.15, 0.2) is 22.4 Å². The van der Waals surface area contributed by atoms with Crippen molar-refractivity contribution in [2.75, 3.05) is 30.4 Å². The Kier molecular flexibility index (Phi) is 7.73. The van der Waals surface area contributed by atoms with E-state index in [0.29, 0.717) is 29.6 Å². The van der Waals surface area contributed by atoms with Gasteiger partial charge in [-0.3, -0.25) is 0 Å². The molecule has 0 unspecified atom stereocenters. The number of rotatable bonds is 7. The molecule has 0 heterocycles. The predicted molar refractivity (Wildman–Crippen MR) is 117 cm³/mol. The average Bonchev–Trinajstić information content (AvgIpc) is 2.63. The highest BCUT2D eigenvalue weighted by atomic mass is 32.1. The fraction of sp³-hybridized carbons (Fsp3) is 0.333. The molecule has 0 radical (unpaired) electrons. The van der Waals surface area contributed by atoms with E-state index in [1.54, 1.807) is 18.2 Å². The molecule has 0 atom stereocenters. The first kappa shape index (κ1) is 21.6. The van der Waals surface area contributed by atoms with Gasteiger partial charge < -0.3 is 20.3 Å². The molecule has 0 bridgehead atoms. The number of nitrogens with zero attached hydrogens (tertiary/aromatic N) is 2. The molecular weight excluding hydrogens is 375 g/mol. The maximum Gasteiger partial charge on any atom is 0.190 e. The fourth-order valence-corrected chi connectivity index (χ4v) is 3.15.